The summed E-state index contributed by atoms with van der Waals surface area (Å²) >= 11 is 0. The monoisotopic (exact) mass is 335 g/mol. The Morgan fingerprint density at radius 2 is 2.08 bits per heavy atom. The summed E-state index contributed by atoms with van der Waals surface area (Å²) in [4.78, 5) is 32.0. The Morgan fingerprint density at radius 3 is 2.76 bits per heavy atom. The van der Waals surface area contributed by atoms with Crippen molar-refractivity contribution < 1.29 is 9.59 Å². The molecular formula is C18H17N5O2. The van der Waals surface area contributed by atoms with E-state index in [-0.39, 0.29) is 5.91 Å². The lowest BCUT2D eigenvalue weighted by Crippen LogP contribution is -2.38. The van der Waals surface area contributed by atoms with Gasteiger partial charge in [-0.3, -0.25) is 4.79 Å². The van der Waals surface area contributed by atoms with Crippen LogP contribution in [0, 0.1) is 6.92 Å². The van der Waals surface area contributed by atoms with Crippen molar-refractivity contribution in [3.63, 3.8) is 0 Å². The Labute approximate surface area is 144 Å². The van der Waals surface area contributed by atoms with Crippen LogP contribution >= 0.6 is 0 Å². The summed E-state index contributed by atoms with van der Waals surface area (Å²) in [5, 5.41) is 7.04. The number of aryl methyl sites for hydroxylation is 1. The molecule has 0 spiro atoms. The molecule has 0 bridgehead atoms. The van der Waals surface area contributed by atoms with E-state index in [0.717, 1.165) is 11.8 Å². The van der Waals surface area contributed by atoms with Gasteiger partial charge in [0.15, 0.2) is 5.82 Å². The third-order valence-electron chi connectivity index (χ3n) is 3.63. The molecule has 7 heteroatoms. The van der Waals surface area contributed by atoms with Crippen LogP contribution in [-0.4, -0.2) is 38.0 Å². The van der Waals surface area contributed by atoms with E-state index < -0.39 is 6.04 Å². The van der Waals surface area contributed by atoms with Crippen molar-refractivity contribution in [2.24, 2.45) is 0 Å². The first-order valence-electron chi connectivity index (χ1n) is 7.80. The van der Waals surface area contributed by atoms with Crippen molar-refractivity contribution in [2.75, 3.05) is 0 Å². The minimum atomic E-state index is -0.621. The molecule has 1 unspecified atom stereocenters. The molecular weight excluding hydrogens is 318 g/mol. The number of nitrogens with one attached hydrogen (secondary N) is 1. The van der Waals surface area contributed by atoms with Crippen LogP contribution in [0.3, 0.4) is 0 Å². The Bertz CT molecular complexity index is 862. The number of hydrogen-bond donors (Lipinski definition) is 1. The van der Waals surface area contributed by atoms with Gasteiger partial charge in [-0.1, -0.05) is 30.3 Å². The van der Waals surface area contributed by atoms with E-state index in [0.29, 0.717) is 23.6 Å². The van der Waals surface area contributed by atoms with Crippen LogP contribution in [0.25, 0.3) is 5.82 Å². The smallest absolute Gasteiger partial charge is 0.270 e. The molecule has 126 valence electrons. The van der Waals surface area contributed by atoms with E-state index in [1.807, 2.05) is 30.3 Å². The second-order valence-electron chi connectivity index (χ2n) is 5.56. The fraction of sp³-hybridized carbons (Fsp3) is 0.167. The lowest BCUT2D eigenvalue weighted by Gasteiger charge is -2.13. The summed E-state index contributed by atoms with van der Waals surface area (Å²) in [7, 11) is 0. The zero-order valence-corrected chi connectivity index (χ0v) is 13.7. The molecule has 1 amide bonds. The summed E-state index contributed by atoms with van der Waals surface area (Å²) < 4.78 is 1.44. The van der Waals surface area contributed by atoms with Crippen LogP contribution in [0.1, 0.15) is 21.7 Å². The van der Waals surface area contributed by atoms with Gasteiger partial charge in [0.1, 0.15) is 18.3 Å². The first-order chi connectivity index (χ1) is 12.2. The van der Waals surface area contributed by atoms with Crippen LogP contribution in [0.4, 0.5) is 0 Å². The summed E-state index contributed by atoms with van der Waals surface area (Å²) in [6, 6.07) is 12.2. The van der Waals surface area contributed by atoms with Crippen molar-refractivity contribution in [1.29, 1.82) is 0 Å². The molecule has 2 aromatic heterocycles. The van der Waals surface area contributed by atoms with Crippen molar-refractivity contribution in [2.45, 2.75) is 19.4 Å². The van der Waals surface area contributed by atoms with Crippen LogP contribution in [0.5, 0.6) is 0 Å². The molecule has 0 aliphatic rings. The molecule has 25 heavy (non-hydrogen) atoms. The average molecular weight is 335 g/mol. The zero-order chi connectivity index (χ0) is 17.6. The SMILES string of the molecule is Cc1cc(C(=O)NC(C=O)Cc2ccccc2)n(-c2ccncn2)n1. The van der Waals surface area contributed by atoms with E-state index in [2.05, 4.69) is 20.4 Å². The average Bonchev–Trinajstić information content (AvgIpc) is 3.04. The molecule has 3 aromatic rings. The lowest BCUT2D eigenvalue weighted by molar-refractivity contribution is -0.109. The molecule has 1 aromatic carbocycles. The summed E-state index contributed by atoms with van der Waals surface area (Å²) in [5.41, 5.74) is 1.96. The number of aromatic nitrogens is 4. The quantitative estimate of drug-likeness (QED) is 0.690. The summed E-state index contributed by atoms with van der Waals surface area (Å²) in [5.74, 6) is 0.103. The molecule has 0 saturated carbocycles. The molecule has 0 saturated heterocycles. The van der Waals surface area contributed by atoms with Crippen LogP contribution in [-0.2, 0) is 11.2 Å². The van der Waals surface area contributed by atoms with Crippen molar-refractivity contribution in [1.82, 2.24) is 25.1 Å². The van der Waals surface area contributed by atoms with Gasteiger partial charge in [-0.05, 0) is 25.0 Å². The highest BCUT2D eigenvalue weighted by molar-refractivity contribution is 5.94. The van der Waals surface area contributed by atoms with Crippen LogP contribution in [0.2, 0.25) is 0 Å². The fourth-order valence-electron chi connectivity index (χ4n) is 2.49. The van der Waals surface area contributed by atoms with Gasteiger partial charge in [-0.25, -0.2) is 14.6 Å². The topological polar surface area (TPSA) is 89.8 Å². The predicted molar refractivity (Wildman–Crippen MR) is 91.4 cm³/mol. The Morgan fingerprint density at radius 1 is 1.28 bits per heavy atom. The Hall–Kier alpha value is -3.35. The second kappa shape index (κ2) is 7.48. The number of nitrogens with zero attached hydrogens (tertiary/aromatic N) is 4. The van der Waals surface area contributed by atoms with Gasteiger partial charge in [-0.2, -0.15) is 5.10 Å². The number of hydrogen-bond acceptors (Lipinski definition) is 5. The van der Waals surface area contributed by atoms with Crippen molar-refractivity contribution >= 4 is 12.2 Å². The lowest BCUT2D eigenvalue weighted by atomic mass is 10.1. The maximum Gasteiger partial charge on any atom is 0.270 e. The molecule has 1 N–H and O–H groups in total. The van der Waals surface area contributed by atoms with Gasteiger partial charge >= 0.3 is 0 Å². The van der Waals surface area contributed by atoms with Crippen LogP contribution in [0.15, 0.2) is 55.0 Å². The second-order valence-corrected chi connectivity index (χ2v) is 5.56. The Kier molecular flexibility index (Phi) is 4.94. The molecule has 0 aliphatic heterocycles. The van der Waals surface area contributed by atoms with Gasteiger partial charge in [-0.15, -0.1) is 0 Å². The highest BCUT2D eigenvalue weighted by Crippen LogP contribution is 2.10. The Balaban J connectivity index is 1.80. The predicted octanol–water partition coefficient (Wildman–Crippen LogP) is 1.51. The van der Waals surface area contributed by atoms with E-state index in [1.165, 1.54) is 11.0 Å². The molecule has 1 atom stereocenters. The largest absolute Gasteiger partial charge is 0.341 e. The third-order valence-corrected chi connectivity index (χ3v) is 3.63. The van der Waals surface area contributed by atoms with E-state index >= 15 is 0 Å². The minimum absolute atomic E-state index is 0.316. The van der Waals surface area contributed by atoms with Crippen LogP contribution < -0.4 is 5.32 Å². The van der Waals surface area contributed by atoms with Gasteiger partial charge < -0.3 is 10.1 Å². The maximum atomic E-state index is 12.6. The number of amides is 1. The minimum Gasteiger partial charge on any atom is -0.341 e. The van der Waals surface area contributed by atoms with Gasteiger partial charge in [0.05, 0.1) is 11.7 Å². The summed E-state index contributed by atoms with van der Waals surface area (Å²) in [6.07, 6.45) is 4.13. The third kappa shape index (κ3) is 3.95. The molecule has 7 nitrogen and oxygen atoms in total. The van der Waals surface area contributed by atoms with E-state index in [9.17, 15) is 9.59 Å². The number of benzene rings is 1. The van der Waals surface area contributed by atoms with E-state index in [1.54, 1.807) is 25.3 Å². The van der Waals surface area contributed by atoms with Gasteiger partial charge in [0, 0.05) is 12.3 Å². The van der Waals surface area contributed by atoms with Gasteiger partial charge in [0.25, 0.3) is 5.91 Å². The molecule has 0 fully saturated rings. The number of aldehydes is 1. The van der Waals surface area contributed by atoms with Gasteiger partial charge in [0.2, 0.25) is 0 Å². The number of carbonyl (C=O) groups is 2. The molecule has 2 heterocycles. The number of carbonyl (C=O) groups excluding carboxylic acids is 2. The molecule has 0 aliphatic carbocycles. The number of rotatable bonds is 6. The van der Waals surface area contributed by atoms with E-state index in [4.69, 9.17) is 0 Å². The highest BCUT2D eigenvalue weighted by Gasteiger charge is 2.19. The maximum absolute atomic E-state index is 12.6. The molecule has 0 radical (unpaired) electrons. The zero-order valence-electron chi connectivity index (χ0n) is 13.7. The first-order valence-corrected chi connectivity index (χ1v) is 7.80. The standard InChI is InChI=1S/C18H17N5O2/c1-13-9-16(23(22-13)17-7-8-19-12-20-17)18(25)21-15(11-24)10-14-5-3-2-4-6-14/h2-9,11-12,15H,10H2,1H3,(H,21,25). The van der Waals surface area contributed by atoms with Crippen molar-refractivity contribution in [3.05, 3.63) is 71.9 Å². The summed E-state index contributed by atoms with van der Waals surface area (Å²) in [6.45, 7) is 1.79. The molecule has 3 rings (SSSR count). The van der Waals surface area contributed by atoms with Crippen molar-refractivity contribution in [3.8, 4) is 5.82 Å². The fourth-order valence-corrected chi connectivity index (χ4v) is 2.49. The highest BCUT2D eigenvalue weighted by atomic mass is 16.2. The normalized spacial score (nSPS) is 11.7. The first kappa shape index (κ1) is 16.5.